The Morgan fingerprint density at radius 3 is 2.48 bits per heavy atom. The number of aliphatic hydroxyl groups excluding tert-OH is 1. The lowest BCUT2D eigenvalue weighted by Crippen LogP contribution is -2.24. The fourth-order valence-corrected chi connectivity index (χ4v) is 2.54. The maximum Gasteiger partial charge on any atom is 0.0666 e. The minimum absolute atomic E-state index is 0.0409. The van der Waals surface area contributed by atoms with Crippen LogP contribution in [0, 0.1) is 0 Å². The van der Waals surface area contributed by atoms with E-state index in [1.807, 2.05) is 17.9 Å². The predicted octanol–water partition coefficient (Wildman–Crippen LogP) is 2.37. The van der Waals surface area contributed by atoms with Gasteiger partial charge in [0.2, 0.25) is 0 Å². The summed E-state index contributed by atoms with van der Waals surface area (Å²) >= 11 is 0. The number of benzene rings is 1. The Morgan fingerprint density at radius 1 is 1.19 bits per heavy atom. The molecule has 0 aliphatic heterocycles. The molecule has 1 heterocycles. The molecule has 0 aliphatic carbocycles. The van der Waals surface area contributed by atoms with Gasteiger partial charge in [0.25, 0.3) is 0 Å². The Kier molecular flexibility index (Phi) is 5.53. The minimum Gasteiger partial charge on any atom is -0.394 e. The summed E-state index contributed by atoms with van der Waals surface area (Å²) in [6, 6.07) is 8.40. The van der Waals surface area contributed by atoms with Gasteiger partial charge in [-0.2, -0.15) is 5.10 Å². The Balaban J connectivity index is 2.04. The zero-order chi connectivity index (χ0) is 15.2. The van der Waals surface area contributed by atoms with E-state index in [2.05, 4.69) is 48.5 Å². The number of aromatic nitrogens is 2. The van der Waals surface area contributed by atoms with Gasteiger partial charge < -0.3 is 10.4 Å². The van der Waals surface area contributed by atoms with Crippen LogP contribution in [0.2, 0.25) is 0 Å². The smallest absolute Gasteiger partial charge is 0.0666 e. The molecule has 0 saturated heterocycles. The van der Waals surface area contributed by atoms with E-state index < -0.39 is 0 Å². The molecule has 0 spiro atoms. The van der Waals surface area contributed by atoms with Gasteiger partial charge in [0, 0.05) is 25.4 Å². The monoisotopic (exact) mass is 287 g/mol. The lowest BCUT2D eigenvalue weighted by atomic mass is 10.0. The molecule has 1 aromatic carbocycles. The summed E-state index contributed by atoms with van der Waals surface area (Å²) in [5, 5.41) is 17.5. The third-order valence-corrected chi connectivity index (χ3v) is 3.84. The molecule has 1 aromatic heterocycles. The van der Waals surface area contributed by atoms with Gasteiger partial charge in [-0.25, -0.2) is 0 Å². The molecule has 1 atom stereocenters. The molecule has 2 aromatic rings. The van der Waals surface area contributed by atoms with Crippen LogP contribution in [0.3, 0.4) is 0 Å². The zero-order valence-electron chi connectivity index (χ0n) is 13.1. The molecule has 21 heavy (non-hydrogen) atoms. The van der Waals surface area contributed by atoms with Crippen LogP contribution >= 0.6 is 0 Å². The molecule has 0 saturated carbocycles. The van der Waals surface area contributed by atoms with Crippen LogP contribution in [0.25, 0.3) is 0 Å². The second-order valence-electron chi connectivity index (χ2n) is 5.34. The van der Waals surface area contributed by atoms with Crippen molar-refractivity contribution in [2.24, 2.45) is 7.05 Å². The van der Waals surface area contributed by atoms with Crippen molar-refractivity contribution in [3.8, 4) is 0 Å². The lowest BCUT2D eigenvalue weighted by Gasteiger charge is -2.17. The number of aryl methyl sites for hydroxylation is 3. The third-order valence-electron chi connectivity index (χ3n) is 3.84. The number of rotatable bonds is 7. The summed E-state index contributed by atoms with van der Waals surface area (Å²) in [7, 11) is 1.94. The first-order chi connectivity index (χ1) is 10.2. The van der Waals surface area contributed by atoms with Gasteiger partial charge in [-0.3, -0.25) is 4.68 Å². The van der Waals surface area contributed by atoms with Crippen molar-refractivity contribution in [3.63, 3.8) is 0 Å². The average molecular weight is 287 g/mol. The maximum absolute atomic E-state index is 9.63. The van der Waals surface area contributed by atoms with Gasteiger partial charge in [-0.15, -0.1) is 0 Å². The molecule has 1 unspecified atom stereocenters. The van der Waals surface area contributed by atoms with E-state index in [4.69, 9.17) is 0 Å². The van der Waals surface area contributed by atoms with Crippen molar-refractivity contribution in [2.45, 2.75) is 39.3 Å². The first-order valence-corrected chi connectivity index (χ1v) is 7.62. The normalized spacial score (nSPS) is 12.6. The Hall–Kier alpha value is -1.65. The van der Waals surface area contributed by atoms with Gasteiger partial charge in [0.05, 0.1) is 18.3 Å². The summed E-state index contributed by atoms with van der Waals surface area (Å²) in [5.41, 5.74) is 4.75. The van der Waals surface area contributed by atoms with E-state index in [9.17, 15) is 5.11 Å². The lowest BCUT2D eigenvalue weighted by molar-refractivity contribution is 0.243. The molecule has 0 aliphatic rings. The predicted molar refractivity (Wildman–Crippen MR) is 85.1 cm³/mol. The summed E-state index contributed by atoms with van der Waals surface area (Å²) in [6.07, 6.45) is 4.00. The third kappa shape index (κ3) is 3.93. The summed E-state index contributed by atoms with van der Waals surface area (Å²) < 4.78 is 1.85. The number of aliphatic hydroxyl groups is 1. The molecule has 0 radical (unpaired) electrons. The van der Waals surface area contributed by atoms with Gasteiger partial charge in [-0.1, -0.05) is 38.1 Å². The fraction of sp³-hybridized carbons (Fsp3) is 0.471. The summed E-state index contributed by atoms with van der Waals surface area (Å²) in [5.74, 6) is 0. The second kappa shape index (κ2) is 7.38. The number of hydrogen-bond donors (Lipinski definition) is 2. The first kappa shape index (κ1) is 15.7. The molecular weight excluding hydrogens is 262 g/mol. The van der Waals surface area contributed by atoms with E-state index in [1.165, 1.54) is 11.1 Å². The topological polar surface area (TPSA) is 50.1 Å². The Bertz CT molecular complexity index is 560. The largest absolute Gasteiger partial charge is 0.394 e. The van der Waals surface area contributed by atoms with Crippen LogP contribution in [0.1, 0.15) is 42.3 Å². The van der Waals surface area contributed by atoms with Crippen molar-refractivity contribution in [2.75, 3.05) is 6.61 Å². The van der Waals surface area contributed by atoms with Crippen molar-refractivity contribution in [1.82, 2.24) is 15.1 Å². The Morgan fingerprint density at radius 2 is 1.90 bits per heavy atom. The van der Waals surface area contributed by atoms with Crippen LogP contribution in [0.15, 0.2) is 30.5 Å². The minimum atomic E-state index is -0.0409. The van der Waals surface area contributed by atoms with Crippen LogP contribution in [0.5, 0.6) is 0 Å². The second-order valence-corrected chi connectivity index (χ2v) is 5.34. The molecule has 2 rings (SSSR count). The molecular formula is C17H25N3O. The first-order valence-electron chi connectivity index (χ1n) is 7.62. The summed E-state index contributed by atoms with van der Waals surface area (Å²) in [6.45, 7) is 5.06. The maximum atomic E-state index is 9.63. The molecule has 0 fully saturated rings. The number of nitrogens with zero attached hydrogens (tertiary/aromatic N) is 2. The Labute approximate surface area is 126 Å². The highest BCUT2D eigenvalue weighted by molar-refractivity contribution is 5.25. The van der Waals surface area contributed by atoms with Gasteiger partial charge in [0.1, 0.15) is 0 Å². The molecule has 2 N–H and O–H groups in total. The van der Waals surface area contributed by atoms with Crippen LogP contribution < -0.4 is 5.32 Å². The SMILES string of the molecule is CCc1ccc(C(CO)NCc2cn(C)nc2CC)cc1. The molecule has 0 bridgehead atoms. The van der Waals surface area contributed by atoms with Crippen molar-refractivity contribution in [3.05, 3.63) is 52.8 Å². The van der Waals surface area contributed by atoms with Gasteiger partial charge in [-0.05, 0) is 24.0 Å². The molecule has 4 heteroatoms. The summed E-state index contributed by atoms with van der Waals surface area (Å²) in [4.78, 5) is 0. The fourth-order valence-electron chi connectivity index (χ4n) is 2.54. The average Bonchev–Trinajstić information content (AvgIpc) is 2.88. The van der Waals surface area contributed by atoms with Gasteiger partial charge >= 0.3 is 0 Å². The zero-order valence-corrected chi connectivity index (χ0v) is 13.1. The molecule has 0 amide bonds. The van der Waals surface area contributed by atoms with E-state index in [1.54, 1.807) is 0 Å². The highest BCUT2D eigenvalue weighted by Crippen LogP contribution is 2.16. The number of hydrogen-bond acceptors (Lipinski definition) is 3. The van der Waals surface area contributed by atoms with Crippen molar-refractivity contribution in [1.29, 1.82) is 0 Å². The van der Waals surface area contributed by atoms with Crippen LogP contribution in [-0.4, -0.2) is 21.5 Å². The highest BCUT2D eigenvalue weighted by Gasteiger charge is 2.12. The van der Waals surface area contributed by atoms with E-state index in [0.717, 1.165) is 30.6 Å². The van der Waals surface area contributed by atoms with Crippen LogP contribution in [0.4, 0.5) is 0 Å². The van der Waals surface area contributed by atoms with E-state index in [0.29, 0.717) is 0 Å². The van der Waals surface area contributed by atoms with Crippen molar-refractivity contribution < 1.29 is 5.11 Å². The van der Waals surface area contributed by atoms with E-state index in [-0.39, 0.29) is 12.6 Å². The number of nitrogens with one attached hydrogen (secondary N) is 1. The molecule has 4 nitrogen and oxygen atoms in total. The van der Waals surface area contributed by atoms with E-state index >= 15 is 0 Å². The van der Waals surface area contributed by atoms with Crippen LogP contribution in [-0.2, 0) is 26.4 Å². The quantitative estimate of drug-likeness (QED) is 0.822. The van der Waals surface area contributed by atoms with Gasteiger partial charge in [0.15, 0.2) is 0 Å². The highest BCUT2D eigenvalue weighted by atomic mass is 16.3. The molecule has 114 valence electrons. The van der Waals surface area contributed by atoms with Crippen molar-refractivity contribution >= 4 is 0 Å². The standard InChI is InChI=1S/C17H25N3O/c1-4-13-6-8-14(9-7-13)17(12-21)18-10-15-11-20(3)19-16(15)5-2/h6-9,11,17-18,21H,4-5,10,12H2,1-3H3.